The van der Waals surface area contributed by atoms with Crippen LogP contribution in [0.1, 0.15) is 28.1 Å². The van der Waals surface area contributed by atoms with Gasteiger partial charge < -0.3 is 10.2 Å². The first-order chi connectivity index (χ1) is 13.1. The molecule has 0 radical (unpaired) electrons. The van der Waals surface area contributed by atoms with Crippen LogP contribution in [0.25, 0.3) is 11.3 Å². The maximum atomic E-state index is 12.8. The number of thiophene rings is 1. The first-order valence-corrected chi connectivity index (χ1v) is 10.6. The van der Waals surface area contributed by atoms with Gasteiger partial charge in [0.2, 0.25) is 5.91 Å². The Morgan fingerprint density at radius 2 is 2.00 bits per heavy atom. The lowest BCUT2D eigenvalue weighted by molar-refractivity contribution is -0.119. The summed E-state index contributed by atoms with van der Waals surface area (Å²) in [4.78, 5) is 32.3. The van der Waals surface area contributed by atoms with Crippen molar-refractivity contribution in [3.63, 3.8) is 0 Å². The molecule has 0 spiro atoms. The minimum Gasteiger partial charge on any atom is -0.326 e. The number of benzene rings is 1. The number of likely N-dealkylation sites (tertiary alicyclic amines) is 1. The van der Waals surface area contributed by atoms with E-state index in [2.05, 4.69) is 10.3 Å². The molecule has 1 aliphatic heterocycles. The number of hydrogen-bond acceptors (Lipinski definition) is 5. The van der Waals surface area contributed by atoms with Crippen LogP contribution in [0.2, 0.25) is 0 Å². The van der Waals surface area contributed by atoms with Crippen LogP contribution in [-0.2, 0) is 4.79 Å². The van der Waals surface area contributed by atoms with Crippen LogP contribution >= 0.6 is 22.7 Å². The molecule has 1 saturated heterocycles. The lowest BCUT2D eigenvalue weighted by Gasteiger charge is -2.22. The molecule has 27 heavy (non-hydrogen) atoms. The number of carbonyl (C=O) groups excluding carboxylic acids is 2. The zero-order valence-electron chi connectivity index (χ0n) is 14.8. The van der Waals surface area contributed by atoms with Gasteiger partial charge in [0.15, 0.2) is 5.13 Å². The summed E-state index contributed by atoms with van der Waals surface area (Å²) < 4.78 is 0. The fraction of sp³-hybridized carbons (Fsp3) is 0.250. The Labute approximate surface area is 165 Å². The maximum Gasteiger partial charge on any atom is 0.264 e. The molecule has 2 aromatic heterocycles. The quantitative estimate of drug-likeness (QED) is 0.709. The van der Waals surface area contributed by atoms with Crippen molar-refractivity contribution >= 4 is 39.6 Å². The van der Waals surface area contributed by atoms with Crippen LogP contribution in [0.4, 0.5) is 5.13 Å². The van der Waals surface area contributed by atoms with Crippen molar-refractivity contribution in [2.45, 2.75) is 25.8 Å². The number of thiazole rings is 1. The van der Waals surface area contributed by atoms with Crippen molar-refractivity contribution < 1.29 is 9.59 Å². The fourth-order valence-corrected chi connectivity index (χ4v) is 4.60. The average molecular weight is 398 g/mol. The van der Waals surface area contributed by atoms with Gasteiger partial charge in [0.1, 0.15) is 6.04 Å². The number of carbonyl (C=O) groups is 2. The van der Waals surface area contributed by atoms with Crippen molar-refractivity contribution in [1.82, 2.24) is 9.88 Å². The summed E-state index contributed by atoms with van der Waals surface area (Å²) in [6.07, 6.45) is 1.51. The number of aryl methyl sites for hydroxylation is 1. The topological polar surface area (TPSA) is 62.3 Å². The molecule has 3 aromatic rings. The number of hydrogen-bond donors (Lipinski definition) is 1. The Morgan fingerprint density at radius 3 is 2.74 bits per heavy atom. The van der Waals surface area contributed by atoms with Gasteiger partial charge in [-0.1, -0.05) is 35.9 Å². The first kappa shape index (κ1) is 17.9. The molecule has 7 heteroatoms. The van der Waals surface area contributed by atoms with E-state index in [0.29, 0.717) is 23.0 Å². The summed E-state index contributed by atoms with van der Waals surface area (Å²) in [6.45, 7) is 2.66. The molecule has 0 saturated carbocycles. The molecule has 0 aliphatic carbocycles. The Morgan fingerprint density at radius 1 is 1.19 bits per heavy atom. The maximum absolute atomic E-state index is 12.8. The minimum atomic E-state index is -0.439. The number of aromatic nitrogens is 1. The van der Waals surface area contributed by atoms with Gasteiger partial charge in [0, 0.05) is 17.5 Å². The predicted molar refractivity (Wildman–Crippen MR) is 109 cm³/mol. The van der Waals surface area contributed by atoms with Gasteiger partial charge in [0.05, 0.1) is 10.6 Å². The molecular formula is C20H19N3O2S2. The van der Waals surface area contributed by atoms with Crippen molar-refractivity contribution in [2.24, 2.45) is 0 Å². The van der Waals surface area contributed by atoms with E-state index in [9.17, 15) is 9.59 Å². The van der Waals surface area contributed by atoms with Gasteiger partial charge in [-0.2, -0.15) is 0 Å². The number of nitrogens with zero attached hydrogens (tertiary/aromatic N) is 2. The second-order valence-electron chi connectivity index (χ2n) is 6.53. The molecule has 1 aliphatic rings. The Bertz CT molecular complexity index is 948. The summed E-state index contributed by atoms with van der Waals surface area (Å²) in [5.41, 5.74) is 3.06. The molecule has 0 unspecified atom stereocenters. The third kappa shape index (κ3) is 3.79. The van der Waals surface area contributed by atoms with Crippen molar-refractivity contribution in [3.8, 4) is 11.3 Å². The van der Waals surface area contributed by atoms with Crippen LogP contribution in [0, 0.1) is 6.92 Å². The summed E-state index contributed by atoms with van der Waals surface area (Å²) in [6, 6.07) is 11.3. The molecule has 1 fully saturated rings. The highest BCUT2D eigenvalue weighted by molar-refractivity contribution is 7.14. The van der Waals surface area contributed by atoms with Crippen LogP contribution < -0.4 is 5.32 Å². The van der Waals surface area contributed by atoms with Gasteiger partial charge in [0.25, 0.3) is 5.91 Å². The Kier molecular flexibility index (Phi) is 5.05. The van der Waals surface area contributed by atoms with Crippen molar-refractivity contribution in [1.29, 1.82) is 0 Å². The van der Waals surface area contributed by atoms with E-state index in [4.69, 9.17) is 0 Å². The Hall–Kier alpha value is -2.51. The first-order valence-electron chi connectivity index (χ1n) is 8.80. The zero-order chi connectivity index (χ0) is 18.8. The van der Waals surface area contributed by atoms with Crippen molar-refractivity contribution in [2.75, 3.05) is 11.9 Å². The summed E-state index contributed by atoms with van der Waals surface area (Å²) >= 11 is 2.80. The van der Waals surface area contributed by atoms with Gasteiger partial charge in [-0.05, 0) is 31.2 Å². The second-order valence-corrected chi connectivity index (χ2v) is 8.33. The lowest BCUT2D eigenvalue weighted by Crippen LogP contribution is -2.42. The smallest absolute Gasteiger partial charge is 0.264 e. The zero-order valence-corrected chi connectivity index (χ0v) is 16.5. The molecule has 4 rings (SSSR count). The third-order valence-corrected chi connectivity index (χ3v) is 6.25. The van der Waals surface area contributed by atoms with E-state index < -0.39 is 6.04 Å². The standard InChI is InChI=1S/C20H19N3O2S2/c1-13-6-8-14(9-7-13)15-12-27-20(21-15)22-18(24)16-4-2-10-23(16)19(25)17-5-3-11-26-17/h3,5-9,11-12,16H,2,4,10H2,1H3,(H,21,22,24)/t16-/m0/s1. The SMILES string of the molecule is Cc1ccc(-c2csc(NC(=O)[C@@H]3CCCN3C(=O)c3cccs3)n2)cc1. The molecular weight excluding hydrogens is 378 g/mol. The van der Waals surface area contributed by atoms with E-state index in [1.807, 2.05) is 48.0 Å². The third-order valence-electron chi connectivity index (χ3n) is 4.63. The number of rotatable bonds is 4. The molecule has 138 valence electrons. The predicted octanol–water partition coefficient (Wildman–Crippen LogP) is 4.42. The largest absolute Gasteiger partial charge is 0.326 e. The molecule has 2 amide bonds. The molecule has 0 bridgehead atoms. The highest BCUT2D eigenvalue weighted by Crippen LogP contribution is 2.27. The lowest BCUT2D eigenvalue weighted by atomic mass is 10.1. The van der Waals surface area contributed by atoms with Crippen LogP contribution in [0.5, 0.6) is 0 Å². The van der Waals surface area contributed by atoms with Gasteiger partial charge in [-0.25, -0.2) is 4.98 Å². The van der Waals surface area contributed by atoms with E-state index in [1.165, 1.54) is 28.2 Å². The molecule has 5 nitrogen and oxygen atoms in total. The molecule has 1 N–H and O–H groups in total. The van der Waals surface area contributed by atoms with Gasteiger partial charge in [-0.15, -0.1) is 22.7 Å². The number of amides is 2. The number of nitrogens with one attached hydrogen (secondary N) is 1. The van der Waals surface area contributed by atoms with E-state index in [0.717, 1.165) is 17.7 Å². The average Bonchev–Trinajstić information content (AvgIpc) is 3.42. The summed E-state index contributed by atoms with van der Waals surface area (Å²) in [5.74, 6) is -0.232. The fourth-order valence-electron chi connectivity index (χ4n) is 3.20. The number of anilines is 1. The second kappa shape index (κ2) is 7.62. The normalized spacial score (nSPS) is 16.5. The Balaban J connectivity index is 1.46. The van der Waals surface area contributed by atoms with Gasteiger partial charge >= 0.3 is 0 Å². The van der Waals surface area contributed by atoms with E-state index in [-0.39, 0.29) is 11.8 Å². The van der Waals surface area contributed by atoms with Crippen LogP contribution in [-0.4, -0.2) is 34.3 Å². The highest BCUT2D eigenvalue weighted by atomic mass is 32.1. The monoisotopic (exact) mass is 397 g/mol. The minimum absolute atomic E-state index is 0.0675. The van der Waals surface area contributed by atoms with E-state index in [1.54, 1.807) is 11.0 Å². The highest BCUT2D eigenvalue weighted by Gasteiger charge is 2.35. The molecule has 3 heterocycles. The van der Waals surface area contributed by atoms with Crippen LogP contribution in [0.15, 0.2) is 47.2 Å². The van der Waals surface area contributed by atoms with Crippen molar-refractivity contribution in [3.05, 3.63) is 57.6 Å². The summed E-state index contributed by atoms with van der Waals surface area (Å²) in [7, 11) is 0. The molecule has 1 atom stereocenters. The summed E-state index contributed by atoms with van der Waals surface area (Å²) in [5, 5.41) is 7.26. The van der Waals surface area contributed by atoms with Gasteiger partial charge in [-0.3, -0.25) is 9.59 Å². The molecule has 1 aromatic carbocycles. The van der Waals surface area contributed by atoms with E-state index >= 15 is 0 Å². The van der Waals surface area contributed by atoms with Crippen LogP contribution in [0.3, 0.4) is 0 Å².